The van der Waals surface area contributed by atoms with Crippen molar-refractivity contribution in [3.05, 3.63) is 36.3 Å². The summed E-state index contributed by atoms with van der Waals surface area (Å²) in [5.41, 5.74) is 1.80. The molecule has 0 atom stereocenters. The average Bonchev–Trinajstić information content (AvgIpc) is 2.43. The molecule has 0 fully saturated rings. The van der Waals surface area contributed by atoms with Gasteiger partial charge in [-0.2, -0.15) is 4.98 Å². The predicted molar refractivity (Wildman–Crippen MR) is 80.2 cm³/mol. The number of hydrogen-bond donors (Lipinski definition) is 2. The van der Waals surface area contributed by atoms with Gasteiger partial charge in [0.2, 0.25) is 5.95 Å². The van der Waals surface area contributed by atoms with Gasteiger partial charge in [-0.15, -0.1) is 0 Å². The number of nitrogens with zero attached hydrogens (tertiary/aromatic N) is 3. The first-order valence-corrected chi connectivity index (χ1v) is 6.41. The topological polar surface area (TPSA) is 53.1 Å². The number of nitrogens with one attached hydrogen (secondary N) is 2. The van der Waals surface area contributed by atoms with Crippen molar-refractivity contribution in [2.75, 3.05) is 36.2 Å². The number of anilines is 4. The third-order valence-corrected chi connectivity index (χ3v) is 2.70. The molecule has 0 bridgehead atoms. The Morgan fingerprint density at radius 3 is 2.80 bits per heavy atom. The molecule has 0 amide bonds. The fourth-order valence-corrected chi connectivity index (χ4v) is 1.70. The van der Waals surface area contributed by atoms with Crippen molar-refractivity contribution >= 4 is 23.1 Å². The molecule has 0 aliphatic rings. The van der Waals surface area contributed by atoms with E-state index in [1.807, 2.05) is 50.2 Å². The van der Waals surface area contributed by atoms with E-state index >= 15 is 0 Å². The Bertz CT molecular complexity index is 586. The van der Waals surface area contributed by atoms with Gasteiger partial charge in [0, 0.05) is 32.0 Å². The highest BCUT2D eigenvalue weighted by atomic mass is 19.1. The van der Waals surface area contributed by atoms with Crippen LogP contribution in [-0.4, -0.2) is 30.6 Å². The largest absolute Gasteiger partial charge is 0.378 e. The van der Waals surface area contributed by atoms with Crippen LogP contribution in [-0.2, 0) is 0 Å². The van der Waals surface area contributed by atoms with Crippen molar-refractivity contribution in [2.45, 2.75) is 6.92 Å². The van der Waals surface area contributed by atoms with E-state index in [4.69, 9.17) is 0 Å². The molecule has 1 heterocycles. The van der Waals surface area contributed by atoms with Gasteiger partial charge in [0.25, 0.3) is 0 Å². The molecule has 0 spiro atoms. The van der Waals surface area contributed by atoms with Crippen molar-refractivity contribution in [2.24, 2.45) is 0 Å². The van der Waals surface area contributed by atoms with E-state index in [0.29, 0.717) is 12.5 Å². The molecule has 1 aromatic heterocycles. The quantitative estimate of drug-likeness (QED) is 0.878. The summed E-state index contributed by atoms with van der Waals surface area (Å²) in [5.74, 6) is 0.0777. The molecule has 0 saturated heterocycles. The van der Waals surface area contributed by atoms with Crippen molar-refractivity contribution in [1.29, 1.82) is 0 Å². The van der Waals surface area contributed by atoms with E-state index in [1.54, 1.807) is 0 Å². The van der Waals surface area contributed by atoms with Crippen LogP contribution in [0.5, 0.6) is 0 Å². The summed E-state index contributed by atoms with van der Waals surface area (Å²) in [6.45, 7) is 2.61. The normalized spacial score (nSPS) is 10.2. The van der Waals surface area contributed by atoms with Crippen molar-refractivity contribution in [3.63, 3.8) is 0 Å². The minimum atomic E-state index is -0.484. The van der Waals surface area contributed by atoms with Gasteiger partial charge in [-0.05, 0) is 25.1 Å². The number of halogens is 1. The second-order valence-corrected chi connectivity index (χ2v) is 4.49. The Morgan fingerprint density at radius 1 is 1.30 bits per heavy atom. The second kappa shape index (κ2) is 6.18. The SMILES string of the molecule is CCNc1ncc(F)c(Nc2cccc(N(C)C)c2)n1. The Morgan fingerprint density at radius 2 is 2.10 bits per heavy atom. The number of aromatic nitrogens is 2. The molecule has 106 valence electrons. The molecule has 2 aromatic rings. The Hall–Kier alpha value is -2.37. The molecule has 2 N–H and O–H groups in total. The van der Waals surface area contributed by atoms with Gasteiger partial charge in [0.05, 0.1) is 6.20 Å². The van der Waals surface area contributed by atoms with Gasteiger partial charge in [0.1, 0.15) is 0 Å². The Kier molecular flexibility index (Phi) is 4.34. The standard InChI is InChI=1S/C14H18FN5/c1-4-16-14-17-9-12(15)13(19-14)18-10-6-5-7-11(8-10)20(2)3/h5-9H,4H2,1-3H3,(H2,16,17,18,19). The van der Waals surface area contributed by atoms with E-state index < -0.39 is 5.82 Å². The van der Waals surface area contributed by atoms with Crippen LogP contribution >= 0.6 is 0 Å². The molecule has 0 radical (unpaired) electrons. The van der Waals surface area contributed by atoms with Crippen LogP contribution in [0.3, 0.4) is 0 Å². The minimum absolute atomic E-state index is 0.159. The van der Waals surface area contributed by atoms with Crippen molar-refractivity contribution in [3.8, 4) is 0 Å². The van der Waals surface area contributed by atoms with Crippen LogP contribution in [0.1, 0.15) is 6.92 Å². The van der Waals surface area contributed by atoms with Gasteiger partial charge < -0.3 is 15.5 Å². The van der Waals surface area contributed by atoms with Crippen LogP contribution in [0.25, 0.3) is 0 Å². The van der Waals surface area contributed by atoms with Gasteiger partial charge >= 0.3 is 0 Å². The maximum Gasteiger partial charge on any atom is 0.224 e. The summed E-state index contributed by atoms with van der Waals surface area (Å²) in [5, 5.41) is 5.93. The first-order chi connectivity index (χ1) is 9.60. The highest BCUT2D eigenvalue weighted by Crippen LogP contribution is 2.22. The summed E-state index contributed by atoms with van der Waals surface area (Å²) >= 11 is 0. The minimum Gasteiger partial charge on any atom is -0.378 e. The lowest BCUT2D eigenvalue weighted by molar-refractivity contribution is 0.619. The second-order valence-electron chi connectivity index (χ2n) is 4.49. The third kappa shape index (κ3) is 3.34. The lowest BCUT2D eigenvalue weighted by Crippen LogP contribution is -2.09. The molecule has 6 heteroatoms. The van der Waals surface area contributed by atoms with Crippen LogP contribution in [0, 0.1) is 5.82 Å². The lowest BCUT2D eigenvalue weighted by atomic mass is 10.2. The lowest BCUT2D eigenvalue weighted by Gasteiger charge is -2.14. The Labute approximate surface area is 117 Å². The van der Waals surface area contributed by atoms with Crippen LogP contribution < -0.4 is 15.5 Å². The average molecular weight is 275 g/mol. The third-order valence-electron chi connectivity index (χ3n) is 2.70. The molecule has 20 heavy (non-hydrogen) atoms. The molecule has 0 aliphatic heterocycles. The highest BCUT2D eigenvalue weighted by molar-refractivity contribution is 5.63. The van der Waals surface area contributed by atoms with Crippen LogP contribution in [0.4, 0.5) is 27.5 Å². The number of hydrogen-bond acceptors (Lipinski definition) is 5. The number of benzene rings is 1. The maximum absolute atomic E-state index is 13.7. The number of rotatable bonds is 5. The molecular formula is C14H18FN5. The van der Waals surface area contributed by atoms with Gasteiger partial charge in [-0.25, -0.2) is 9.37 Å². The molecule has 0 unspecified atom stereocenters. The summed E-state index contributed by atoms with van der Waals surface area (Å²) < 4.78 is 13.7. The molecule has 1 aromatic carbocycles. The summed E-state index contributed by atoms with van der Waals surface area (Å²) in [6.07, 6.45) is 1.16. The summed E-state index contributed by atoms with van der Waals surface area (Å²) in [4.78, 5) is 9.96. The van der Waals surface area contributed by atoms with Gasteiger partial charge in [-0.3, -0.25) is 0 Å². The zero-order valence-electron chi connectivity index (χ0n) is 11.8. The maximum atomic E-state index is 13.7. The predicted octanol–water partition coefficient (Wildman–Crippen LogP) is 2.86. The van der Waals surface area contributed by atoms with Crippen molar-refractivity contribution < 1.29 is 4.39 Å². The molecule has 0 aliphatic carbocycles. The van der Waals surface area contributed by atoms with E-state index in [-0.39, 0.29) is 5.82 Å². The highest BCUT2D eigenvalue weighted by Gasteiger charge is 2.07. The van der Waals surface area contributed by atoms with Crippen molar-refractivity contribution in [1.82, 2.24) is 9.97 Å². The first kappa shape index (κ1) is 14.0. The van der Waals surface area contributed by atoms with Crippen LogP contribution in [0.2, 0.25) is 0 Å². The fourth-order valence-electron chi connectivity index (χ4n) is 1.70. The molecule has 0 saturated carbocycles. The smallest absolute Gasteiger partial charge is 0.224 e. The fraction of sp³-hybridized carbons (Fsp3) is 0.286. The first-order valence-electron chi connectivity index (χ1n) is 6.41. The monoisotopic (exact) mass is 275 g/mol. The zero-order chi connectivity index (χ0) is 14.5. The summed E-state index contributed by atoms with van der Waals surface area (Å²) in [6, 6.07) is 7.67. The van der Waals surface area contributed by atoms with E-state index in [0.717, 1.165) is 17.6 Å². The van der Waals surface area contributed by atoms with Crippen LogP contribution in [0.15, 0.2) is 30.5 Å². The Balaban J connectivity index is 2.24. The molecule has 5 nitrogen and oxygen atoms in total. The molecule has 2 rings (SSSR count). The molecular weight excluding hydrogens is 257 g/mol. The van der Waals surface area contributed by atoms with Gasteiger partial charge in [0.15, 0.2) is 11.6 Å². The van der Waals surface area contributed by atoms with Gasteiger partial charge in [-0.1, -0.05) is 6.07 Å². The van der Waals surface area contributed by atoms with E-state index in [2.05, 4.69) is 20.6 Å². The van der Waals surface area contributed by atoms with E-state index in [9.17, 15) is 4.39 Å². The zero-order valence-corrected chi connectivity index (χ0v) is 11.8. The van der Waals surface area contributed by atoms with E-state index in [1.165, 1.54) is 0 Å². The summed E-state index contributed by atoms with van der Waals surface area (Å²) in [7, 11) is 3.90.